The summed E-state index contributed by atoms with van der Waals surface area (Å²) in [6, 6.07) is 7.55. The Morgan fingerprint density at radius 1 is 1.29 bits per heavy atom. The van der Waals surface area contributed by atoms with Crippen molar-refractivity contribution in [1.29, 1.82) is 0 Å². The van der Waals surface area contributed by atoms with Crippen LogP contribution in [0.4, 0.5) is 4.79 Å². The van der Waals surface area contributed by atoms with Crippen molar-refractivity contribution in [2.75, 3.05) is 13.6 Å². The molecule has 0 fully saturated rings. The number of aromatic nitrogens is 1. The lowest BCUT2D eigenvalue weighted by Crippen LogP contribution is -2.46. The van der Waals surface area contributed by atoms with Gasteiger partial charge in [-0.25, -0.2) is 9.78 Å². The lowest BCUT2D eigenvalue weighted by atomic mass is 10.3. The molecule has 1 aromatic heterocycles. The normalized spacial score (nSPS) is 13.7. The van der Waals surface area contributed by atoms with E-state index in [1.165, 1.54) is 0 Å². The zero-order chi connectivity index (χ0) is 17.7. The van der Waals surface area contributed by atoms with Gasteiger partial charge in [0, 0.05) is 6.04 Å². The molecule has 0 bridgehead atoms. The lowest BCUT2D eigenvalue weighted by Gasteiger charge is -2.22. The van der Waals surface area contributed by atoms with Crippen LogP contribution >= 0.6 is 11.3 Å². The van der Waals surface area contributed by atoms with Gasteiger partial charge in [0.05, 0.1) is 22.8 Å². The van der Waals surface area contributed by atoms with Gasteiger partial charge in [0.1, 0.15) is 5.01 Å². The van der Waals surface area contributed by atoms with Crippen molar-refractivity contribution in [3.63, 3.8) is 0 Å². The van der Waals surface area contributed by atoms with Crippen LogP contribution in [0.2, 0.25) is 0 Å². The van der Waals surface area contributed by atoms with E-state index >= 15 is 0 Å². The van der Waals surface area contributed by atoms with Gasteiger partial charge in [-0.3, -0.25) is 15.0 Å². The number of hydrogen-bond donors (Lipinski definition) is 2. The highest BCUT2D eigenvalue weighted by Crippen LogP contribution is 2.28. The Morgan fingerprint density at radius 2 is 2.00 bits per heavy atom. The topological polar surface area (TPSA) is 74.3 Å². The molecular formula is C17H24N4O2S. The van der Waals surface area contributed by atoms with Crippen molar-refractivity contribution in [1.82, 2.24) is 20.5 Å². The van der Waals surface area contributed by atoms with Gasteiger partial charge >= 0.3 is 6.03 Å². The second-order valence-corrected chi connectivity index (χ2v) is 7.00. The molecule has 2 N–H and O–H groups in total. The first-order valence-electron chi connectivity index (χ1n) is 8.06. The lowest BCUT2D eigenvalue weighted by molar-refractivity contribution is -0.121. The van der Waals surface area contributed by atoms with E-state index in [0.717, 1.165) is 21.6 Å². The quantitative estimate of drug-likeness (QED) is 0.842. The van der Waals surface area contributed by atoms with E-state index in [9.17, 15) is 9.59 Å². The molecule has 3 amide bonds. The molecule has 0 aliphatic rings. The summed E-state index contributed by atoms with van der Waals surface area (Å²) in [6.07, 6.45) is 0.816. The third-order valence-electron chi connectivity index (χ3n) is 3.96. The van der Waals surface area contributed by atoms with Crippen molar-refractivity contribution >= 4 is 33.5 Å². The standard InChI is InChI=1S/C17H24N4O2S/c1-5-11(2)18-17(23)20-15(22)10-21(4)12(3)16-19-13-8-6-7-9-14(13)24-16/h6-9,11-12H,5,10H2,1-4H3,(H2,18,20,22,23)/t11-,12+/m1/s1. The van der Waals surface area contributed by atoms with Crippen molar-refractivity contribution in [3.05, 3.63) is 29.3 Å². The number of para-hydroxylation sites is 1. The summed E-state index contributed by atoms with van der Waals surface area (Å²) in [5.41, 5.74) is 0.968. The van der Waals surface area contributed by atoms with Gasteiger partial charge in [-0.1, -0.05) is 19.1 Å². The summed E-state index contributed by atoms with van der Waals surface area (Å²) < 4.78 is 1.13. The third kappa shape index (κ3) is 4.75. The molecular weight excluding hydrogens is 324 g/mol. The monoisotopic (exact) mass is 348 g/mol. The number of rotatable bonds is 6. The summed E-state index contributed by atoms with van der Waals surface area (Å²) in [5, 5.41) is 6.03. The Hall–Kier alpha value is -1.99. The van der Waals surface area contributed by atoms with Crippen LogP contribution in [0.15, 0.2) is 24.3 Å². The molecule has 1 aromatic carbocycles. The Bertz CT molecular complexity index is 682. The van der Waals surface area contributed by atoms with Crippen LogP contribution in [0.3, 0.4) is 0 Å². The van der Waals surface area contributed by atoms with Crippen LogP contribution in [0, 0.1) is 0 Å². The number of fused-ring (bicyclic) bond motifs is 1. The minimum Gasteiger partial charge on any atom is -0.335 e. The molecule has 0 saturated carbocycles. The Kier molecular flexibility index (Phi) is 6.28. The number of thiazole rings is 1. The molecule has 6 nitrogen and oxygen atoms in total. The molecule has 0 unspecified atom stereocenters. The van der Waals surface area contributed by atoms with Crippen LogP contribution in [0.5, 0.6) is 0 Å². The number of benzene rings is 1. The van der Waals surface area contributed by atoms with Gasteiger partial charge in [-0.2, -0.15) is 0 Å². The molecule has 2 aromatic rings. The van der Waals surface area contributed by atoms with Crippen molar-refractivity contribution in [2.24, 2.45) is 0 Å². The second-order valence-electron chi connectivity index (χ2n) is 5.94. The maximum absolute atomic E-state index is 12.0. The zero-order valence-corrected chi connectivity index (χ0v) is 15.3. The molecule has 1 heterocycles. The van der Waals surface area contributed by atoms with Crippen molar-refractivity contribution in [3.8, 4) is 0 Å². The number of urea groups is 1. The fraction of sp³-hybridized carbons (Fsp3) is 0.471. The second kappa shape index (κ2) is 8.21. The highest BCUT2D eigenvalue weighted by molar-refractivity contribution is 7.18. The summed E-state index contributed by atoms with van der Waals surface area (Å²) in [7, 11) is 1.85. The van der Waals surface area contributed by atoms with Crippen LogP contribution in [-0.4, -0.2) is 41.5 Å². The van der Waals surface area contributed by atoms with Crippen molar-refractivity contribution < 1.29 is 9.59 Å². The van der Waals surface area contributed by atoms with Gasteiger partial charge in [0.2, 0.25) is 5.91 Å². The van der Waals surface area contributed by atoms with E-state index in [1.807, 2.05) is 57.0 Å². The molecule has 0 aliphatic carbocycles. The first-order chi connectivity index (χ1) is 11.4. The smallest absolute Gasteiger partial charge is 0.321 e. The molecule has 2 rings (SSSR count). The Balaban J connectivity index is 1.92. The van der Waals surface area contributed by atoms with Crippen LogP contribution in [0.1, 0.15) is 38.2 Å². The van der Waals surface area contributed by atoms with E-state index in [1.54, 1.807) is 11.3 Å². The van der Waals surface area contributed by atoms with Gasteiger partial charge < -0.3 is 5.32 Å². The van der Waals surface area contributed by atoms with Crippen LogP contribution < -0.4 is 10.6 Å². The molecule has 130 valence electrons. The number of likely N-dealkylation sites (N-methyl/N-ethyl adjacent to an activating group) is 1. The largest absolute Gasteiger partial charge is 0.335 e. The third-order valence-corrected chi connectivity index (χ3v) is 5.17. The van der Waals surface area contributed by atoms with Crippen LogP contribution in [0.25, 0.3) is 10.2 Å². The molecule has 0 radical (unpaired) electrons. The summed E-state index contributed by atoms with van der Waals surface area (Å²) >= 11 is 1.62. The minimum absolute atomic E-state index is 0.00854. The van der Waals surface area contributed by atoms with Gasteiger partial charge in [0.15, 0.2) is 0 Å². The van der Waals surface area contributed by atoms with Gasteiger partial charge in [-0.15, -0.1) is 11.3 Å². The Labute approximate surface area is 146 Å². The molecule has 0 aliphatic heterocycles. The molecule has 0 saturated heterocycles. The maximum atomic E-state index is 12.0. The fourth-order valence-electron chi connectivity index (χ4n) is 2.15. The number of nitrogens with zero attached hydrogens (tertiary/aromatic N) is 2. The highest BCUT2D eigenvalue weighted by atomic mass is 32.1. The highest BCUT2D eigenvalue weighted by Gasteiger charge is 2.19. The summed E-state index contributed by atoms with van der Waals surface area (Å²) in [4.78, 5) is 30.2. The summed E-state index contributed by atoms with van der Waals surface area (Å²) in [6.45, 7) is 6.00. The van der Waals surface area contributed by atoms with E-state index < -0.39 is 6.03 Å². The van der Waals surface area contributed by atoms with Crippen LogP contribution in [-0.2, 0) is 4.79 Å². The molecule has 2 atom stereocenters. The first kappa shape index (κ1) is 18.4. The maximum Gasteiger partial charge on any atom is 0.321 e. The number of nitrogens with one attached hydrogen (secondary N) is 2. The number of carbonyl (C=O) groups is 2. The van der Waals surface area contributed by atoms with Crippen molar-refractivity contribution in [2.45, 2.75) is 39.3 Å². The molecule has 7 heteroatoms. The first-order valence-corrected chi connectivity index (χ1v) is 8.88. The average molecular weight is 348 g/mol. The van der Waals surface area contributed by atoms with E-state index in [0.29, 0.717) is 0 Å². The van der Waals surface area contributed by atoms with E-state index in [-0.39, 0.29) is 24.5 Å². The average Bonchev–Trinajstić information content (AvgIpc) is 2.97. The number of hydrogen-bond acceptors (Lipinski definition) is 5. The van der Waals surface area contributed by atoms with Gasteiger partial charge in [0.25, 0.3) is 0 Å². The predicted octanol–water partition coefficient (Wildman–Crippen LogP) is 2.91. The zero-order valence-electron chi connectivity index (χ0n) is 14.5. The van der Waals surface area contributed by atoms with Gasteiger partial charge in [-0.05, 0) is 39.4 Å². The fourth-order valence-corrected chi connectivity index (χ4v) is 3.23. The van der Waals surface area contributed by atoms with E-state index in [2.05, 4.69) is 15.6 Å². The predicted molar refractivity (Wildman–Crippen MR) is 97.1 cm³/mol. The molecule has 0 spiro atoms. The number of amides is 3. The number of carbonyl (C=O) groups excluding carboxylic acids is 2. The van der Waals surface area contributed by atoms with E-state index in [4.69, 9.17) is 0 Å². The number of imide groups is 1. The molecule has 24 heavy (non-hydrogen) atoms. The SMILES string of the molecule is CC[C@@H](C)NC(=O)NC(=O)CN(C)[C@@H](C)c1nc2ccccc2s1. The Morgan fingerprint density at radius 3 is 2.67 bits per heavy atom. The minimum atomic E-state index is -0.449. The summed E-state index contributed by atoms with van der Waals surface area (Å²) in [5.74, 6) is -0.328.